The molecule has 0 unspecified atom stereocenters. The van der Waals surface area contributed by atoms with E-state index in [1.54, 1.807) is 6.07 Å². The summed E-state index contributed by atoms with van der Waals surface area (Å²) in [6.07, 6.45) is 0. The zero-order valence-electron chi connectivity index (χ0n) is 6.46. The van der Waals surface area contributed by atoms with Gasteiger partial charge in [0.15, 0.2) is 0 Å². The van der Waals surface area contributed by atoms with E-state index in [9.17, 15) is 0 Å². The Morgan fingerprint density at radius 3 is 2.82 bits per heavy atom. The predicted octanol–water partition coefficient (Wildman–Crippen LogP) is 1.64. The Kier molecular flexibility index (Phi) is 2.11. The minimum Gasteiger partial charge on any atom is -0.399 e. The summed E-state index contributed by atoms with van der Waals surface area (Å²) in [7, 11) is 1.83. The molecule has 3 nitrogen and oxygen atoms in total. The predicted molar refractivity (Wildman–Crippen MR) is 49.6 cm³/mol. The number of nitrogen functional groups attached to an aromatic ring is 1. The number of nitrogens with two attached hydrogens (primary N) is 1. The fraction of sp³-hybridized carbons (Fsp3) is 0.125. The third-order valence-corrected chi connectivity index (χ3v) is 1.46. The van der Waals surface area contributed by atoms with E-state index in [-0.39, 0.29) is 0 Å². The summed E-state index contributed by atoms with van der Waals surface area (Å²) in [5.74, 6) is 0. The molecule has 1 aromatic rings. The highest BCUT2D eigenvalue weighted by Crippen LogP contribution is 2.25. The van der Waals surface area contributed by atoms with Crippen LogP contribution in [0.1, 0.15) is 0 Å². The Labute approximate surface area is 65.9 Å². The molecule has 1 aromatic carbocycles. The van der Waals surface area contributed by atoms with Crippen molar-refractivity contribution in [2.75, 3.05) is 18.1 Å². The van der Waals surface area contributed by atoms with Crippen molar-refractivity contribution in [2.24, 2.45) is 4.99 Å². The van der Waals surface area contributed by atoms with Gasteiger partial charge in [0.05, 0.1) is 11.4 Å². The van der Waals surface area contributed by atoms with Crippen molar-refractivity contribution in [3.63, 3.8) is 0 Å². The molecule has 0 aliphatic carbocycles. The van der Waals surface area contributed by atoms with Crippen LogP contribution < -0.4 is 11.1 Å². The first kappa shape index (κ1) is 7.60. The van der Waals surface area contributed by atoms with Gasteiger partial charge in [-0.3, -0.25) is 4.99 Å². The third-order valence-electron chi connectivity index (χ3n) is 1.46. The van der Waals surface area contributed by atoms with Crippen molar-refractivity contribution in [3.8, 4) is 0 Å². The van der Waals surface area contributed by atoms with E-state index in [1.807, 2.05) is 19.2 Å². The van der Waals surface area contributed by atoms with Gasteiger partial charge in [0, 0.05) is 12.7 Å². The van der Waals surface area contributed by atoms with Crippen LogP contribution in [0, 0.1) is 0 Å². The van der Waals surface area contributed by atoms with Gasteiger partial charge in [-0.25, -0.2) is 0 Å². The summed E-state index contributed by atoms with van der Waals surface area (Å²) < 4.78 is 0. The molecule has 0 fully saturated rings. The molecule has 0 aliphatic rings. The molecule has 3 heteroatoms. The smallest absolute Gasteiger partial charge is 0.0874 e. The highest BCUT2D eigenvalue weighted by atomic mass is 14.9. The maximum atomic E-state index is 5.54. The van der Waals surface area contributed by atoms with Gasteiger partial charge in [-0.1, -0.05) is 0 Å². The Balaban J connectivity index is 3.16. The molecule has 0 amide bonds. The van der Waals surface area contributed by atoms with Crippen molar-refractivity contribution in [2.45, 2.75) is 0 Å². The summed E-state index contributed by atoms with van der Waals surface area (Å²) in [5, 5.41) is 2.98. The van der Waals surface area contributed by atoms with E-state index in [2.05, 4.69) is 17.0 Å². The molecule has 0 radical (unpaired) electrons. The van der Waals surface area contributed by atoms with Crippen molar-refractivity contribution >= 4 is 23.8 Å². The second-order valence-electron chi connectivity index (χ2n) is 2.18. The van der Waals surface area contributed by atoms with Gasteiger partial charge in [-0.05, 0) is 24.9 Å². The fourth-order valence-electron chi connectivity index (χ4n) is 0.891. The molecule has 0 saturated heterocycles. The Bertz CT molecular complexity index is 268. The van der Waals surface area contributed by atoms with E-state index in [0.29, 0.717) is 5.69 Å². The van der Waals surface area contributed by atoms with Gasteiger partial charge >= 0.3 is 0 Å². The quantitative estimate of drug-likeness (QED) is 0.496. The van der Waals surface area contributed by atoms with Crippen molar-refractivity contribution in [3.05, 3.63) is 18.2 Å². The van der Waals surface area contributed by atoms with E-state index >= 15 is 0 Å². The lowest BCUT2D eigenvalue weighted by atomic mass is 10.2. The van der Waals surface area contributed by atoms with Crippen LogP contribution in [0.5, 0.6) is 0 Å². The summed E-state index contributed by atoms with van der Waals surface area (Å²) in [5.41, 5.74) is 7.97. The van der Waals surface area contributed by atoms with E-state index in [0.717, 1.165) is 11.4 Å². The van der Waals surface area contributed by atoms with Crippen LogP contribution in [-0.2, 0) is 0 Å². The average molecular weight is 149 g/mol. The van der Waals surface area contributed by atoms with Crippen molar-refractivity contribution in [1.82, 2.24) is 0 Å². The molecule has 11 heavy (non-hydrogen) atoms. The number of rotatable bonds is 2. The standard InChI is InChI=1S/C8H11N3/c1-10-7-4-3-6(9)5-8(7)11-2/h3-5,10H,2,9H2,1H3. The van der Waals surface area contributed by atoms with Crippen LogP contribution in [0.25, 0.3) is 0 Å². The monoisotopic (exact) mass is 149 g/mol. The largest absolute Gasteiger partial charge is 0.399 e. The highest BCUT2D eigenvalue weighted by Gasteiger charge is 1.96. The molecule has 0 atom stereocenters. The Morgan fingerprint density at radius 2 is 2.27 bits per heavy atom. The summed E-state index contributed by atoms with van der Waals surface area (Å²) in [6, 6.07) is 5.47. The zero-order chi connectivity index (χ0) is 8.27. The van der Waals surface area contributed by atoms with Crippen LogP contribution in [-0.4, -0.2) is 13.8 Å². The maximum Gasteiger partial charge on any atom is 0.0874 e. The maximum absolute atomic E-state index is 5.54. The minimum absolute atomic E-state index is 0.700. The molecule has 0 bridgehead atoms. The van der Waals surface area contributed by atoms with Crippen molar-refractivity contribution < 1.29 is 0 Å². The number of aliphatic imine (C=N–C) groups is 1. The van der Waals surface area contributed by atoms with Gasteiger partial charge in [-0.15, -0.1) is 0 Å². The number of hydrogen-bond acceptors (Lipinski definition) is 3. The molecule has 0 heterocycles. The molecule has 0 saturated carbocycles. The number of nitrogens with zero attached hydrogens (tertiary/aromatic N) is 1. The molecule has 3 N–H and O–H groups in total. The normalized spacial score (nSPS) is 9.18. The van der Waals surface area contributed by atoms with Crippen LogP contribution >= 0.6 is 0 Å². The van der Waals surface area contributed by atoms with Gasteiger partial charge < -0.3 is 11.1 Å². The fourth-order valence-corrected chi connectivity index (χ4v) is 0.891. The highest BCUT2D eigenvalue weighted by molar-refractivity contribution is 5.71. The van der Waals surface area contributed by atoms with Gasteiger partial charge in [0.1, 0.15) is 0 Å². The number of benzene rings is 1. The second kappa shape index (κ2) is 3.05. The summed E-state index contributed by atoms with van der Waals surface area (Å²) in [6.45, 7) is 3.44. The van der Waals surface area contributed by atoms with E-state index in [1.165, 1.54) is 0 Å². The average Bonchev–Trinajstić information content (AvgIpc) is 2.04. The Morgan fingerprint density at radius 1 is 1.55 bits per heavy atom. The first-order valence-corrected chi connectivity index (χ1v) is 3.32. The lowest BCUT2D eigenvalue weighted by Gasteiger charge is -2.04. The lowest BCUT2D eigenvalue weighted by molar-refractivity contribution is 1.46. The molecule has 0 aliphatic heterocycles. The van der Waals surface area contributed by atoms with Gasteiger partial charge in [-0.2, -0.15) is 0 Å². The molecule has 1 rings (SSSR count). The molecule has 58 valence electrons. The zero-order valence-corrected chi connectivity index (χ0v) is 6.46. The number of anilines is 2. The minimum atomic E-state index is 0.700. The van der Waals surface area contributed by atoms with Crippen LogP contribution in [0.2, 0.25) is 0 Å². The van der Waals surface area contributed by atoms with Gasteiger partial charge in [0.2, 0.25) is 0 Å². The summed E-state index contributed by atoms with van der Waals surface area (Å²) in [4.78, 5) is 3.81. The third kappa shape index (κ3) is 1.49. The van der Waals surface area contributed by atoms with E-state index < -0.39 is 0 Å². The molecule has 0 aromatic heterocycles. The molecular weight excluding hydrogens is 138 g/mol. The van der Waals surface area contributed by atoms with Crippen LogP contribution in [0.15, 0.2) is 23.2 Å². The van der Waals surface area contributed by atoms with Crippen molar-refractivity contribution in [1.29, 1.82) is 0 Å². The first-order chi connectivity index (χ1) is 5.27. The topological polar surface area (TPSA) is 50.4 Å². The van der Waals surface area contributed by atoms with E-state index in [4.69, 9.17) is 5.73 Å². The molecule has 0 spiro atoms. The lowest BCUT2D eigenvalue weighted by Crippen LogP contribution is -1.90. The number of hydrogen-bond donors (Lipinski definition) is 2. The molecular formula is C8H11N3. The SMILES string of the molecule is C=Nc1cc(N)ccc1NC. The van der Waals surface area contributed by atoms with Crippen LogP contribution in [0.4, 0.5) is 17.1 Å². The number of nitrogens with one attached hydrogen (secondary N) is 1. The van der Waals surface area contributed by atoms with Gasteiger partial charge in [0.25, 0.3) is 0 Å². The Hall–Kier alpha value is -1.51. The summed E-state index contributed by atoms with van der Waals surface area (Å²) >= 11 is 0. The first-order valence-electron chi connectivity index (χ1n) is 3.32. The van der Waals surface area contributed by atoms with Crippen LogP contribution in [0.3, 0.4) is 0 Å². The second-order valence-corrected chi connectivity index (χ2v) is 2.18.